The van der Waals surface area contributed by atoms with Crippen molar-refractivity contribution in [3.63, 3.8) is 0 Å². The molecule has 1 aliphatic rings. The number of rotatable bonds is 5. The van der Waals surface area contributed by atoms with Crippen LogP contribution in [-0.4, -0.2) is 53.8 Å². The number of piperazine rings is 1. The highest BCUT2D eigenvalue weighted by atomic mass is 16.5. The fourth-order valence-electron chi connectivity index (χ4n) is 2.42. The second kappa shape index (κ2) is 7.13. The van der Waals surface area contributed by atoms with E-state index in [1.807, 2.05) is 42.2 Å². The van der Waals surface area contributed by atoms with Crippen LogP contribution < -0.4 is 9.64 Å². The molecule has 0 aliphatic carbocycles. The van der Waals surface area contributed by atoms with Crippen LogP contribution in [0.5, 0.6) is 5.75 Å². The first-order valence-electron chi connectivity index (χ1n) is 7.79. The maximum absolute atomic E-state index is 12.2. The number of hydrogen-bond acceptors (Lipinski definition) is 6. The monoisotopic (exact) mass is 316 g/mol. The van der Waals surface area contributed by atoms with E-state index in [9.17, 15) is 4.79 Å². The quantitative estimate of drug-likeness (QED) is 0.829. The van der Waals surface area contributed by atoms with Gasteiger partial charge < -0.3 is 19.0 Å². The summed E-state index contributed by atoms with van der Waals surface area (Å²) < 4.78 is 11.1. The molecule has 0 radical (unpaired) electrons. The molecule has 23 heavy (non-hydrogen) atoms. The highest BCUT2D eigenvalue weighted by Gasteiger charge is 2.24. The summed E-state index contributed by atoms with van der Waals surface area (Å²) in [5.74, 6) is 1.33. The number of ether oxygens (including phenoxy) is 1. The average molecular weight is 316 g/mol. The lowest BCUT2D eigenvalue weighted by atomic mass is 10.3. The number of nitrogens with zero attached hydrogens (tertiary/aromatic N) is 4. The van der Waals surface area contributed by atoms with E-state index < -0.39 is 0 Å². The Kier molecular flexibility index (Phi) is 4.75. The van der Waals surface area contributed by atoms with Gasteiger partial charge in [-0.05, 0) is 12.1 Å². The Labute approximate surface area is 134 Å². The molecule has 1 aliphatic heterocycles. The number of aromatic nitrogens is 2. The summed E-state index contributed by atoms with van der Waals surface area (Å²) in [7, 11) is 0. The summed E-state index contributed by atoms with van der Waals surface area (Å²) in [5.41, 5.74) is 0. The Bertz CT molecular complexity index is 636. The van der Waals surface area contributed by atoms with Crippen molar-refractivity contribution in [1.82, 2.24) is 15.1 Å². The van der Waals surface area contributed by atoms with Crippen LogP contribution in [0, 0.1) is 0 Å². The maximum atomic E-state index is 12.2. The van der Waals surface area contributed by atoms with Crippen molar-refractivity contribution in [2.75, 3.05) is 37.7 Å². The van der Waals surface area contributed by atoms with Crippen LogP contribution >= 0.6 is 0 Å². The summed E-state index contributed by atoms with van der Waals surface area (Å²) in [5, 5.41) is 8.01. The molecule has 2 aromatic rings. The van der Waals surface area contributed by atoms with E-state index in [2.05, 4.69) is 10.2 Å². The number of carbonyl (C=O) groups excluding carboxylic acids is 1. The van der Waals surface area contributed by atoms with Crippen LogP contribution in [0.1, 0.15) is 12.8 Å². The van der Waals surface area contributed by atoms with Crippen molar-refractivity contribution < 1.29 is 13.9 Å². The van der Waals surface area contributed by atoms with Crippen LogP contribution in [0.4, 0.5) is 6.01 Å². The SMILES string of the molecule is CCc1nnc(N2CCN(C(=O)COc3ccccc3)CC2)o1. The summed E-state index contributed by atoms with van der Waals surface area (Å²) in [6, 6.07) is 9.89. The van der Waals surface area contributed by atoms with Gasteiger partial charge in [-0.15, -0.1) is 5.10 Å². The number of benzene rings is 1. The van der Waals surface area contributed by atoms with E-state index in [0.29, 0.717) is 43.8 Å². The molecular weight excluding hydrogens is 296 g/mol. The highest BCUT2D eigenvalue weighted by molar-refractivity contribution is 5.78. The summed E-state index contributed by atoms with van der Waals surface area (Å²) in [6.45, 7) is 4.65. The predicted octanol–water partition coefficient (Wildman–Crippen LogP) is 1.36. The number of carbonyl (C=O) groups is 1. The topological polar surface area (TPSA) is 71.7 Å². The molecule has 0 saturated carbocycles. The minimum atomic E-state index is -0.00622. The van der Waals surface area contributed by atoms with Gasteiger partial charge in [0.2, 0.25) is 5.89 Å². The molecule has 122 valence electrons. The molecule has 1 saturated heterocycles. The van der Waals surface area contributed by atoms with Gasteiger partial charge in [-0.1, -0.05) is 30.2 Å². The minimum absolute atomic E-state index is 0.00622. The number of hydrogen-bond donors (Lipinski definition) is 0. The van der Waals surface area contributed by atoms with E-state index in [4.69, 9.17) is 9.15 Å². The van der Waals surface area contributed by atoms with Crippen molar-refractivity contribution in [2.45, 2.75) is 13.3 Å². The van der Waals surface area contributed by atoms with Crippen LogP contribution in [0.25, 0.3) is 0 Å². The molecule has 0 unspecified atom stereocenters. The minimum Gasteiger partial charge on any atom is -0.484 e. The predicted molar refractivity (Wildman–Crippen MR) is 84.4 cm³/mol. The zero-order chi connectivity index (χ0) is 16.1. The summed E-state index contributed by atoms with van der Waals surface area (Å²) in [4.78, 5) is 16.0. The van der Waals surface area contributed by atoms with Gasteiger partial charge in [0, 0.05) is 32.6 Å². The molecule has 0 bridgehead atoms. The van der Waals surface area contributed by atoms with Crippen LogP contribution in [0.15, 0.2) is 34.7 Å². The van der Waals surface area contributed by atoms with Gasteiger partial charge in [0.25, 0.3) is 5.91 Å². The Morgan fingerprint density at radius 1 is 1.17 bits per heavy atom. The van der Waals surface area contributed by atoms with Gasteiger partial charge in [0.05, 0.1) is 0 Å². The number of anilines is 1. The number of para-hydroxylation sites is 1. The van der Waals surface area contributed by atoms with Crippen molar-refractivity contribution in [3.8, 4) is 5.75 Å². The third kappa shape index (κ3) is 3.80. The van der Waals surface area contributed by atoms with Crippen LogP contribution in [0.3, 0.4) is 0 Å². The van der Waals surface area contributed by atoms with Gasteiger partial charge in [0.15, 0.2) is 6.61 Å². The zero-order valence-electron chi connectivity index (χ0n) is 13.1. The van der Waals surface area contributed by atoms with Gasteiger partial charge in [-0.3, -0.25) is 4.79 Å². The standard InChI is InChI=1S/C16H20N4O3/c1-2-14-17-18-16(23-14)20-10-8-19(9-11-20)15(21)12-22-13-6-4-3-5-7-13/h3-7H,2,8-12H2,1H3. The molecule has 2 heterocycles. The third-order valence-corrected chi connectivity index (χ3v) is 3.77. The van der Waals surface area contributed by atoms with Gasteiger partial charge in [-0.2, -0.15) is 0 Å². The fourth-order valence-corrected chi connectivity index (χ4v) is 2.42. The molecule has 1 aromatic heterocycles. The molecule has 7 heteroatoms. The molecular formula is C16H20N4O3. The molecule has 0 N–H and O–H groups in total. The van der Waals surface area contributed by atoms with E-state index >= 15 is 0 Å². The second-order valence-electron chi connectivity index (χ2n) is 5.30. The molecule has 3 rings (SSSR count). The average Bonchev–Trinajstić information content (AvgIpc) is 3.10. The lowest BCUT2D eigenvalue weighted by Gasteiger charge is -2.33. The first-order chi connectivity index (χ1) is 11.3. The Hall–Kier alpha value is -2.57. The lowest BCUT2D eigenvalue weighted by molar-refractivity contribution is -0.133. The Balaban J connectivity index is 1.47. The fraction of sp³-hybridized carbons (Fsp3) is 0.438. The van der Waals surface area contributed by atoms with Crippen molar-refractivity contribution >= 4 is 11.9 Å². The molecule has 0 spiro atoms. The van der Waals surface area contributed by atoms with Crippen LogP contribution in [0.2, 0.25) is 0 Å². The maximum Gasteiger partial charge on any atom is 0.318 e. The normalized spacial score (nSPS) is 14.8. The molecule has 7 nitrogen and oxygen atoms in total. The highest BCUT2D eigenvalue weighted by Crippen LogP contribution is 2.15. The summed E-state index contributed by atoms with van der Waals surface area (Å²) >= 11 is 0. The number of aryl methyl sites for hydroxylation is 1. The van der Waals surface area contributed by atoms with Crippen molar-refractivity contribution in [3.05, 3.63) is 36.2 Å². The smallest absolute Gasteiger partial charge is 0.318 e. The molecule has 0 atom stereocenters. The number of amides is 1. The molecule has 1 aromatic carbocycles. The largest absolute Gasteiger partial charge is 0.484 e. The van der Waals surface area contributed by atoms with Crippen LogP contribution in [-0.2, 0) is 11.2 Å². The Morgan fingerprint density at radius 2 is 1.91 bits per heavy atom. The van der Waals surface area contributed by atoms with E-state index in [-0.39, 0.29) is 12.5 Å². The van der Waals surface area contributed by atoms with Gasteiger partial charge >= 0.3 is 6.01 Å². The van der Waals surface area contributed by atoms with E-state index in [1.54, 1.807) is 4.90 Å². The van der Waals surface area contributed by atoms with E-state index in [1.165, 1.54) is 0 Å². The van der Waals surface area contributed by atoms with Crippen molar-refractivity contribution in [2.24, 2.45) is 0 Å². The summed E-state index contributed by atoms with van der Waals surface area (Å²) in [6.07, 6.45) is 0.724. The second-order valence-corrected chi connectivity index (χ2v) is 5.30. The zero-order valence-corrected chi connectivity index (χ0v) is 13.1. The first-order valence-corrected chi connectivity index (χ1v) is 7.79. The third-order valence-electron chi connectivity index (χ3n) is 3.77. The van der Waals surface area contributed by atoms with Crippen molar-refractivity contribution in [1.29, 1.82) is 0 Å². The van der Waals surface area contributed by atoms with Gasteiger partial charge in [0.1, 0.15) is 5.75 Å². The van der Waals surface area contributed by atoms with Gasteiger partial charge in [-0.25, -0.2) is 0 Å². The lowest BCUT2D eigenvalue weighted by Crippen LogP contribution is -2.50. The molecule has 1 amide bonds. The Morgan fingerprint density at radius 3 is 2.57 bits per heavy atom. The first kappa shape index (κ1) is 15.3. The molecule has 1 fully saturated rings. The van der Waals surface area contributed by atoms with E-state index in [0.717, 1.165) is 6.42 Å².